The van der Waals surface area contributed by atoms with Gasteiger partial charge in [0.25, 0.3) is 0 Å². The van der Waals surface area contributed by atoms with Crippen molar-refractivity contribution in [2.45, 2.75) is 19.6 Å². The van der Waals surface area contributed by atoms with Gasteiger partial charge < -0.3 is 10.5 Å². The fourth-order valence-electron chi connectivity index (χ4n) is 2.00. The Morgan fingerprint density at radius 2 is 2.35 bits per heavy atom. The number of aromatic nitrogens is 2. The van der Waals surface area contributed by atoms with E-state index in [1.54, 1.807) is 11.3 Å². The van der Waals surface area contributed by atoms with Gasteiger partial charge in [-0.3, -0.25) is 4.40 Å². The van der Waals surface area contributed by atoms with Gasteiger partial charge in [-0.2, -0.15) is 0 Å². The molecule has 0 aliphatic carbocycles. The Hall–Kier alpha value is -1.37. The maximum atomic E-state index is 5.98. The summed E-state index contributed by atoms with van der Waals surface area (Å²) in [6.07, 6.45) is 3.97. The number of fused-ring (bicyclic) bond motifs is 1. The van der Waals surface area contributed by atoms with Crippen LogP contribution in [0.1, 0.15) is 24.2 Å². The molecular weight excluding hydrogens is 338 g/mol. The van der Waals surface area contributed by atoms with Crippen LogP contribution in [0.4, 0.5) is 0 Å². The molecule has 4 nitrogen and oxygen atoms in total. The molecule has 0 aliphatic rings. The highest BCUT2D eigenvalue weighted by Crippen LogP contribution is 2.28. The Bertz CT molecular complexity index is 706. The highest BCUT2D eigenvalue weighted by atomic mass is 79.9. The number of rotatable bonds is 4. The van der Waals surface area contributed by atoms with Gasteiger partial charge in [-0.1, -0.05) is 15.9 Å². The minimum absolute atomic E-state index is 0.0759. The fraction of sp³-hybridized carbons (Fsp3) is 0.214. The first-order valence-electron chi connectivity index (χ1n) is 6.22. The largest absolute Gasteiger partial charge is 0.487 e. The van der Waals surface area contributed by atoms with Gasteiger partial charge in [-0.25, -0.2) is 4.98 Å². The zero-order chi connectivity index (χ0) is 14.1. The molecule has 0 unspecified atom stereocenters. The van der Waals surface area contributed by atoms with Gasteiger partial charge >= 0.3 is 0 Å². The van der Waals surface area contributed by atoms with E-state index in [2.05, 4.69) is 20.9 Å². The summed E-state index contributed by atoms with van der Waals surface area (Å²) in [4.78, 5) is 5.47. The average molecular weight is 352 g/mol. The molecule has 1 aromatic carbocycles. The van der Waals surface area contributed by atoms with Crippen LogP contribution in [0, 0.1) is 0 Å². The molecule has 3 rings (SSSR count). The van der Waals surface area contributed by atoms with Crippen molar-refractivity contribution in [3.8, 4) is 5.75 Å². The van der Waals surface area contributed by atoms with E-state index >= 15 is 0 Å². The average Bonchev–Trinajstić information content (AvgIpc) is 2.97. The highest BCUT2D eigenvalue weighted by molar-refractivity contribution is 9.10. The lowest BCUT2D eigenvalue weighted by molar-refractivity contribution is 0.297. The molecule has 0 amide bonds. The third-order valence-corrected chi connectivity index (χ3v) is 4.25. The van der Waals surface area contributed by atoms with Crippen molar-refractivity contribution in [2.75, 3.05) is 0 Å². The van der Waals surface area contributed by atoms with Crippen LogP contribution < -0.4 is 10.5 Å². The smallest absolute Gasteiger partial charge is 0.193 e. The van der Waals surface area contributed by atoms with Gasteiger partial charge in [0, 0.05) is 33.9 Å². The lowest BCUT2D eigenvalue weighted by atomic mass is 10.1. The molecule has 2 aromatic heterocycles. The third kappa shape index (κ3) is 2.72. The minimum Gasteiger partial charge on any atom is -0.487 e. The summed E-state index contributed by atoms with van der Waals surface area (Å²) in [5.74, 6) is 0.805. The number of ether oxygens (including phenoxy) is 1. The molecule has 0 bridgehead atoms. The summed E-state index contributed by atoms with van der Waals surface area (Å²) < 4.78 is 8.86. The van der Waals surface area contributed by atoms with Gasteiger partial charge in [-0.05, 0) is 25.1 Å². The maximum Gasteiger partial charge on any atom is 0.193 e. The van der Waals surface area contributed by atoms with Gasteiger partial charge in [-0.15, -0.1) is 11.3 Å². The molecule has 6 heteroatoms. The number of nitrogens with zero attached hydrogens (tertiary/aromatic N) is 2. The van der Waals surface area contributed by atoms with E-state index in [0.717, 1.165) is 26.4 Å². The number of halogens is 1. The molecule has 104 valence electrons. The summed E-state index contributed by atoms with van der Waals surface area (Å²) in [6.45, 7) is 2.39. The van der Waals surface area contributed by atoms with Gasteiger partial charge in [0.15, 0.2) is 4.96 Å². The number of nitrogens with two attached hydrogens (primary N) is 1. The second kappa shape index (κ2) is 5.55. The van der Waals surface area contributed by atoms with Crippen LogP contribution in [0.2, 0.25) is 0 Å². The Labute approximate surface area is 129 Å². The summed E-state index contributed by atoms with van der Waals surface area (Å²) >= 11 is 5.06. The van der Waals surface area contributed by atoms with Crippen molar-refractivity contribution < 1.29 is 4.74 Å². The molecule has 1 atom stereocenters. The topological polar surface area (TPSA) is 52.5 Å². The second-order valence-electron chi connectivity index (χ2n) is 4.58. The van der Waals surface area contributed by atoms with Crippen molar-refractivity contribution in [3.05, 3.63) is 51.7 Å². The zero-order valence-corrected chi connectivity index (χ0v) is 13.3. The first-order chi connectivity index (χ1) is 9.63. The molecular formula is C14H14BrN3OS. The predicted molar refractivity (Wildman–Crippen MR) is 84.1 cm³/mol. The summed E-state index contributed by atoms with van der Waals surface area (Å²) in [6, 6.07) is 5.80. The number of hydrogen-bond donors (Lipinski definition) is 1. The third-order valence-electron chi connectivity index (χ3n) is 2.98. The van der Waals surface area contributed by atoms with Crippen LogP contribution in [0.3, 0.4) is 0 Å². The molecule has 0 fully saturated rings. The monoisotopic (exact) mass is 351 g/mol. The molecule has 2 N–H and O–H groups in total. The summed E-state index contributed by atoms with van der Waals surface area (Å²) in [5.41, 5.74) is 7.88. The zero-order valence-electron chi connectivity index (χ0n) is 10.9. The van der Waals surface area contributed by atoms with E-state index in [4.69, 9.17) is 10.5 Å². The molecule has 20 heavy (non-hydrogen) atoms. The highest BCUT2D eigenvalue weighted by Gasteiger charge is 2.10. The second-order valence-corrected chi connectivity index (χ2v) is 6.37. The number of imidazole rings is 1. The molecule has 0 saturated heterocycles. The molecule has 0 aliphatic heterocycles. The lowest BCUT2D eigenvalue weighted by Gasteiger charge is -2.13. The van der Waals surface area contributed by atoms with Gasteiger partial charge in [0.2, 0.25) is 0 Å². The molecule has 0 saturated carbocycles. The van der Waals surface area contributed by atoms with Gasteiger partial charge in [0.1, 0.15) is 12.4 Å². The SMILES string of the molecule is C[C@H](N)c1cc(Br)ccc1OCc1cn2ccsc2n1. The van der Waals surface area contributed by atoms with E-state index in [1.165, 1.54) is 0 Å². The number of hydrogen-bond acceptors (Lipinski definition) is 4. The summed E-state index contributed by atoms with van der Waals surface area (Å²) in [7, 11) is 0. The first kappa shape index (κ1) is 13.6. The van der Waals surface area contributed by atoms with E-state index in [-0.39, 0.29) is 6.04 Å². The Morgan fingerprint density at radius 3 is 3.10 bits per heavy atom. The van der Waals surface area contributed by atoms with Crippen molar-refractivity contribution in [2.24, 2.45) is 5.73 Å². The van der Waals surface area contributed by atoms with Crippen LogP contribution in [-0.2, 0) is 6.61 Å². The maximum absolute atomic E-state index is 5.98. The summed E-state index contributed by atoms with van der Waals surface area (Å²) in [5, 5.41) is 2.01. The van der Waals surface area contributed by atoms with E-state index in [1.807, 2.05) is 47.3 Å². The minimum atomic E-state index is -0.0759. The Kier molecular flexibility index (Phi) is 3.78. The standard InChI is InChI=1S/C14H14BrN3OS/c1-9(16)12-6-10(15)2-3-13(12)19-8-11-7-18-4-5-20-14(18)17-11/h2-7,9H,8,16H2,1H3/t9-/m0/s1. The van der Waals surface area contributed by atoms with Crippen LogP contribution in [0.15, 0.2) is 40.4 Å². The van der Waals surface area contributed by atoms with Crippen LogP contribution >= 0.6 is 27.3 Å². The molecule has 0 radical (unpaired) electrons. The number of benzene rings is 1. The Morgan fingerprint density at radius 1 is 1.50 bits per heavy atom. The number of thiazole rings is 1. The van der Waals surface area contributed by atoms with Crippen molar-refractivity contribution in [1.82, 2.24) is 9.38 Å². The normalized spacial score (nSPS) is 12.8. The van der Waals surface area contributed by atoms with E-state index in [9.17, 15) is 0 Å². The van der Waals surface area contributed by atoms with Crippen molar-refractivity contribution >= 4 is 32.2 Å². The van der Waals surface area contributed by atoms with Crippen molar-refractivity contribution in [3.63, 3.8) is 0 Å². The van der Waals surface area contributed by atoms with Crippen LogP contribution in [-0.4, -0.2) is 9.38 Å². The Balaban J connectivity index is 1.79. The van der Waals surface area contributed by atoms with Crippen molar-refractivity contribution in [1.29, 1.82) is 0 Å². The molecule has 2 heterocycles. The molecule has 0 spiro atoms. The fourth-order valence-corrected chi connectivity index (χ4v) is 3.10. The lowest BCUT2D eigenvalue weighted by Crippen LogP contribution is -2.08. The van der Waals surface area contributed by atoms with E-state index in [0.29, 0.717) is 6.61 Å². The molecule has 3 aromatic rings. The first-order valence-corrected chi connectivity index (χ1v) is 7.89. The van der Waals surface area contributed by atoms with E-state index < -0.39 is 0 Å². The van der Waals surface area contributed by atoms with Gasteiger partial charge in [0.05, 0.1) is 5.69 Å². The van der Waals surface area contributed by atoms with Crippen LogP contribution in [0.5, 0.6) is 5.75 Å². The predicted octanol–water partition coefficient (Wildman–Crippen LogP) is 3.76. The quantitative estimate of drug-likeness (QED) is 0.778. The van der Waals surface area contributed by atoms with Crippen LogP contribution in [0.25, 0.3) is 4.96 Å².